The summed E-state index contributed by atoms with van der Waals surface area (Å²) in [5.41, 5.74) is 1.77. The van der Waals surface area contributed by atoms with Gasteiger partial charge in [0.05, 0.1) is 17.9 Å². The van der Waals surface area contributed by atoms with Gasteiger partial charge in [0, 0.05) is 25.4 Å². The number of pyridine rings is 1. The maximum absolute atomic E-state index is 13.3. The van der Waals surface area contributed by atoms with Gasteiger partial charge in [-0.15, -0.1) is 5.10 Å². The number of ether oxygens (including phenoxy) is 1. The van der Waals surface area contributed by atoms with Gasteiger partial charge in [-0.3, -0.25) is 4.98 Å². The number of likely N-dealkylation sites (N-methyl/N-ethyl adjacent to an activating group) is 1. The molecule has 2 aliphatic heterocycles. The molecule has 8 nitrogen and oxygen atoms in total. The van der Waals surface area contributed by atoms with Crippen LogP contribution in [0.4, 0.5) is 24.7 Å². The quantitative estimate of drug-likeness (QED) is 0.617. The molecule has 0 radical (unpaired) electrons. The Morgan fingerprint density at radius 1 is 1.27 bits per heavy atom. The maximum Gasteiger partial charge on any atom is 0.433 e. The van der Waals surface area contributed by atoms with Crippen LogP contribution in [0.3, 0.4) is 0 Å². The van der Waals surface area contributed by atoms with E-state index in [9.17, 15) is 13.2 Å². The van der Waals surface area contributed by atoms with Crippen molar-refractivity contribution >= 4 is 17.2 Å². The highest BCUT2D eigenvalue weighted by Crippen LogP contribution is 2.42. The molecule has 11 heteroatoms. The lowest BCUT2D eigenvalue weighted by Gasteiger charge is -2.30. The zero-order valence-electron chi connectivity index (χ0n) is 18.5. The standard InChI is InChI=1S/C22H26F3N7O/c1-13-17(15-5-8-27-16(11-15)22(23,24)25)32-21(29-13)19-18(31(2)9-10-33-19)20(30-32)28-12-14-3-6-26-7-4-14/h5,8,11,14,26H,3-4,6-7,9-10,12H2,1-2H3,(H,28,30). The van der Waals surface area contributed by atoms with Crippen LogP contribution in [0.5, 0.6) is 5.75 Å². The largest absolute Gasteiger partial charge is 0.486 e. The Balaban J connectivity index is 1.62. The summed E-state index contributed by atoms with van der Waals surface area (Å²) in [5, 5.41) is 11.7. The van der Waals surface area contributed by atoms with E-state index >= 15 is 0 Å². The highest BCUT2D eigenvalue weighted by atomic mass is 19.4. The van der Waals surface area contributed by atoms with Crippen LogP contribution in [0.1, 0.15) is 24.2 Å². The van der Waals surface area contributed by atoms with Gasteiger partial charge in [0.25, 0.3) is 0 Å². The molecule has 33 heavy (non-hydrogen) atoms. The van der Waals surface area contributed by atoms with Crippen molar-refractivity contribution in [2.45, 2.75) is 25.9 Å². The molecular weight excluding hydrogens is 435 g/mol. The molecule has 1 fully saturated rings. The van der Waals surface area contributed by atoms with Gasteiger partial charge in [0.15, 0.2) is 17.2 Å². The number of aromatic nitrogens is 4. The molecule has 2 aliphatic rings. The average molecular weight is 461 g/mol. The van der Waals surface area contributed by atoms with E-state index in [-0.39, 0.29) is 0 Å². The number of anilines is 2. The second-order valence-electron chi connectivity index (χ2n) is 8.58. The predicted octanol–water partition coefficient (Wildman–Crippen LogP) is 3.36. The van der Waals surface area contributed by atoms with E-state index in [0.29, 0.717) is 53.2 Å². The van der Waals surface area contributed by atoms with Crippen LogP contribution >= 0.6 is 0 Å². The summed E-state index contributed by atoms with van der Waals surface area (Å²) in [7, 11) is 1.98. The number of nitrogens with one attached hydrogen (secondary N) is 2. The van der Waals surface area contributed by atoms with Gasteiger partial charge in [-0.25, -0.2) is 9.50 Å². The highest BCUT2D eigenvalue weighted by Gasteiger charge is 2.33. The second kappa shape index (κ2) is 8.36. The third-order valence-electron chi connectivity index (χ3n) is 6.27. The first-order valence-electron chi connectivity index (χ1n) is 11.1. The Labute approximate surface area is 189 Å². The van der Waals surface area contributed by atoms with E-state index in [0.717, 1.165) is 50.4 Å². The summed E-state index contributed by atoms with van der Waals surface area (Å²) < 4.78 is 47.5. The molecule has 0 unspecified atom stereocenters. The molecule has 2 N–H and O–H groups in total. The number of alkyl halides is 3. The summed E-state index contributed by atoms with van der Waals surface area (Å²) in [5.74, 6) is 1.75. The van der Waals surface area contributed by atoms with Crippen molar-refractivity contribution in [2.75, 3.05) is 50.1 Å². The van der Waals surface area contributed by atoms with Crippen LogP contribution in [0.25, 0.3) is 16.9 Å². The number of nitrogens with zero attached hydrogens (tertiary/aromatic N) is 5. The lowest BCUT2D eigenvalue weighted by molar-refractivity contribution is -0.141. The van der Waals surface area contributed by atoms with Crippen LogP contribution in [-0.2, 0) is 6.18 Å². The van der Waals surface area contributed by atoms with E-state index in [1.807, 2.05) is 7.05 Å². The summed E-state index contributed by atoms with van der Waals surface area (Å²) in [6.07, 6.45) is -1.22. The van der Waals surface area contributed by atoms with Gasteiger partial charge in [-0.1, -0.05) is 0 Å². The summed E-state index contributed by atoms with van der Waals surface area (Å²) in [4.78, 5) is 10.2. The van der Waals surface area contributed by atoms with Crippen molar-refractivity contribution in [1.82, 2.24) is 24.9 Å². The lowest BCUT2D eigenvalue weighted by atomic mass is 9.98. The number of aryl methyl sites for hydroxylation is 1. The van der Waals surface area contributed by atoms with E-state index in [1.165, 1.54) is 0 Å². The minimum Gasteiger partial charge on any atom is -0.486 e. The summed E-state index contributed by atoms with van der Waals surface area (Å²) in [6, 6.07) is 2.58. The molecule has 5 rings (SSSR count). The molecule has 0 saturated carbocycles. The van der Waals surface area contributed by atoms with E-state index in [2.05, 4.69) is 25.5 Å². The molecule has 0 atom stereocenters. The Hall–Kier alpha value is -3.08. The molecular formula is C22H26F3N7O. The van der Waals surface area contributed by atoms with Crippen molar-refractivity contribution in [3.8, 4) is 17.0 Å². The third kappa shape index (κ3) is 4.05. The van der Waals surface area contributed by atoms with Crippen LogP contribution in [-0.4, -0.2) is 59.4 Å². The molecule has 0 aromatic carbocycles. The van der Waals surface area contributed by atoms with E-state index in [4.69, 9.17) is 9.84 Å². The van der Waals surface area contributed by atoms with Gasteiger partial charge in [-0.05, 0) is 50.9 Å². The first-order chi connectivity index (χ1) is 15.8. The van der Waals surface area contributed by atoms with Gasteiger partial charge in [-0.2, -0.15) is 13.2 Å². The van der Waals surface area contributed by atoms with Crippen LogP contribution in [0.15, 0.2) is 18.3 Å². The number of fused-ring (bicyclic) bond motifs is 3. The number of hydrogen-bond donors (Lipinski definition) is 2. The van der Waals surface area contributed by atoms with E-state index in [1.54, 1.807) is 17.5 Å². The summed E-state index contributed by atoms with van der Waals surface area (Å²) in [6.45, 7) is 5.71. The van der Waals surface area contributed by atoms with Gasteiger partial charge < -0.3 is 20.3 Å². The number of imidazole rings is 1. The van der Waals surface area contributed by atoms with Gasteiger partial charge in [0.2, 0.25) is 0 Å². The fraction of sp³-hybridized carbons (Fsp3) is 0.500. The minimum atomic E-state index is -4.54. The minimum absolute atomic E-state index is 0.350. The molecule has 0 spiro atoms. The van der Waals surface area contributed by atoms with Crippen molar-refractivity contribution in [2.24, 2.45) is 5.92 Å². The molecule has 0 amide bonds. The first-order valence-corrected chi connectivity index (χ1v) is 11.1. The molecule has 176 valence electrons. The highest BCUT2D eigenvalue weighted by molar-refractivity contribution is 5.83. The van der Waals surface area contributed by atoms with Crippen molar-refractivity contribution < 1.29 is 17.9 Å². The molecule has 0 bridgehead atoms. The fourth-order valence-corrected chi connectivity index (χ4v) is 4.52. The number of piperidine rings is 1. The van der Waals surface area contributed by atoms with Crippen molar-refractivity contribution in [1.29, 1.82) is 0 Å². The first kappa shape index (κ1) is 21.7. The normalized spacial score (nSPS) is 17.2. The molecule has 0 aliphatic carbocycles. The molecule has 3 aromatic rings. The Morgan fingerprint density at radius 2 is 2.06 bits per heavy atom. The third-order valence-corrected chi connectivity index (χ3v) is 6.27. The van der Waals surface area contributed by atoms with Gasteiger partial charge in [0.1, 0.15) is 18.0 Å². The van der Waals surface area contributed by atoms with Crippen molar-refractivity contribution in [3.63, 3.8) is 0 Å². The molecule has 1 saturated heterocycles. The SMILES string of the molecule is Cc1nc2c3c(c(NCC4CCNCC4)nn2c1-c1ccnc(C(F)(F)F)c1)N(C)CCO3. The Kier molecular flexibility index (Phi) is 5.51. The molecule has 3 aromatic heterocycles. The van der Waals surface area contributed by atoms with Crippen LogP contribution in [0.2, 0.25) is 0 Å². The Morgan fingerprint density at radius 3 is 2.82 bits per heavy atom. The maximum atomic E-state index is 13.3. The Bertz CT molecular complexity index is 1170. The average Bonchev–Trinajstić information content (AvgIpc) is 3.13. The smallest absolute Gasteiger partial charge is 0.433 e. The van der Waals surface area contributed by atoms with Crippen LogP contribution in [0, 0.1) is 12.8 Å². The molecule has 5 heterocycles. The van der Waals surface area contributed by atoms with Gasteiger partial charge >= 0.3 is 6.18 Å². The zero-order chi connectivity index (χ0) is 23.2. The predicted molar refractivity (Wildman–Crippen MR) is 119 cm³/mol. The zero-order valence-corrected chi connectivity index (χ0v) is 18.5. The number of hydrogen-bond acceptors (Lipinski definition) is 7. The second-order valence-corrected chi connectivity index (χ2v) is 8.58. The van der Waals surface area contributed by atoms with E-state index < -0.39 is 11.9 Å². The monoisotopic (exact) mass is 461 g/mol. The fourth-order valence-electron chi connectivity index (χ4n) is 4.52. The topological polar surface area (TPSA) is 79.6 Å². The summed E-state index contributed by atoms with van der Waals surface area (Å²) >= 11 is 0. The number of halogens is 3. The number of rotatable bonds is 4. The lowest BCUT2D eigenvalue weighted by Crippen LogP contribution is -2.33. The van der Waals surface area contributed by atoms with Crippen molar-refractivity contribution in [3.05, 3.63) is 29.7 Å². The van der Waals surface area contributed by atoms with Crippen LogP contribution < -0.4 is 20.3 Å².